The number of hydrogen-bond acceptors (Lipinski definition) is 4. The van der Waals surface area contributed by atoms with Gasteiger partial charge in [0.2, 0.25) is 0 Å². The Morgan fingerprint density at radius 1 is 0.909 bits per heavy atom. The van der Waals surface area contributed by atoms with Crippen LogP contribution in [0.2, 0.25) is 0 Å². The van der Waals surface area contributed by atoms with Crippen LogP contribution in [0.15, 0.2) is 42.5 Å². The molecule has 2 aromatic rings. The SMILES string of the molecule is CCCC(=O)Oc1cccc2c1C(=O)c1ccccc1C2=O. The Morgan fingerprint density at radius 3 is 2.23 bits per heavy atom. The van der Waals surface area contributed by atoms with Crippen LogP contribution >= 0.6 is 0 Å². The average molecular weight is 294 g/mol. The van der Waals surface area contributed by atoms with Gasteiger partial charge in [0.25, 0.3) is 0 Å². The number of carbonyl (C=O) groups is 3. The van der Waals surface area contributed by atoms with E-state index in [1.807, 2.05) is 6.92 Å². The third kappa shape index (κ3) is 2.22. The highest BCUT2D eigenvalue weighted by Gasteiger charge is 2.32. The Morgan fingerprint density at radius 2 is 1.55 bits per heavy atom. The third-order valence-corrected chi connectivity index (χ3v) is 3.59. The molecule has 0 amide bonds. The molecule has 1 aliphatic carbocycles. The Kier molecular flexibility index (Phi) is 3.59. The molecule has 3 rings (SSSR count). The lowest BCUT2D eigenvalue weighted by Gasteiger charge is -2.19. The van der Waals surface area contributed by atoms with Gasteiger partial charge in [0.1, 0.15) is 5.75 Å². The summed E-state index contributed by atoms with van der Waals surface area (Å²) < 4.78 is 5.27. The first kappa shape index (κ1) is 14.2. The molecular formula is C18H14O4. The van der Waals surface area contributed by atoms with E-state index >= 15 is 0 Å². The fourth-order valence-electron chi connectivity index (χ4n) is 2.58. The summed E-state index contributed by atoms with van der Waals surface area (Å²) in [5.74, 6) is -0.762. The predicted octanol–water partition coefficient (Wildman–Crippen LogP) is 3.17. The van der Waals surface area contributed by atoms with Crippen LogP contribution in [-0.4, -0.2) is 17.5 Å². The number of carbonyl (C=O) groups excluding carboxylic acids is 3. The van der Waals surface area contributed by atoms with Crippen LogP contribution in [0.3, 0.4) is 0 Å². The zero-order valence-electron chi connectivity index (χ0n) is 12.1. The summed E-state index contributed by atoms with van der Waals surface area (Å²) in [6.45, 7) is 1.87. The van der Waals surface area contributed by atoms with Crippen LogP contribution < -0.4 is 4.74 Å². The largest absolute Gasteiger partial charge is 0.426 e. The molecule has 0 unspecified atom stereocenters. The van der Waals surface area contributed by atoms with Gasteiger partial charge in [-0.1, -0.05) is 43.3 Å². The molecule has 4 heteroatoms. The second-order valence-electron chi connectivity index (χ2n) is 5.11. The molecule has 0 radical (unpaired) electrons. The van der Waals surface area contributed by atoms with E-state index in [1.165, 1.54) is 0 Å². The molecule has 0 N–H and O–H groups in total. The molecule has 0 aliphatic heterocycles. The summed E-state index contributed by atoms with van der Waals surface area (Å²) in [5.41, 5.74) is 1.19. The quantitative estimate of drug-likeness (QED) is 0.550. The maximum Gasteiger partial charge on any atom is 0.311 e. The molecule has 0 saturated heterocycles. The fraction of sp³-hybridized carbons (Fsp3) is 0.167. The van der Waals surface area contributed by atoms with Gasteiger partial charge >= 0.3 is 5.97 Å². The van der Waals surface area contributed by atoms with Crippen molar-refractivity contribution in [2.75, 3.05) is 0 Å². The first-order chi connectivity index (χ1) is 10.6. The van der Waals surface area contributed by atoms with E-state index in [1.54, 1.807) is 42.5 Å². The highest BCUT2D eigenvalue weighted by atomic mass is 16.5. The Hall–Kier alpha value is -2.75. The zero-order valence-corrected chi connectivity index (χ0v) is 12.1. The number of rotatable bonds is 3. The van der Waals surface area contributed by atoms with E-state index in [0.29, 0.717) is 17.5 Å². The van der Waals surface area contributed by atoms with Gasteiger partial charge in [-0.2, -0.15) is 0 Å². The number of esters is 1. The van der Waals surface area contributed by atoms with Gasteiger partial charge in [-0.25, -0.2) is 0 Å². The van der Waals surface area contributed by atoms with Gasteiger partial charge in [0.05, 0.1) is 5.56 Å². The van der Waals surface area contributed by atoms with Gasteiger partial charge in [0.15, 0.2) is 11.6 Å². The first-order valence-electron chi connectivity index (χ1n) is 7.15. The monoisotopic (exact) mass is 294 g/mol. The second kappa shape index (κ2) is 5.56. The number of ether oxygens (including phenoxy) is 1. The normalized spacial score (nSPS) is 12.6. The molecule has 0 heterocycles. The molecule has 0 atom stereocenters. The molecule has 0 saturated carbocycles. The fourth-order valence-corrected chi connectivity index (χ4v) is 2.58. The van der Waals surface area contributed by atoms with Crippen LogP contribution in [0.4, 0.5) is 0 Å². The van der Waals surface area contributed by atoms with Crippen LogP contribution in [0.1, 0.15) is 51.6 Å². The van der Waals surface area contributed by atoms with Crippen LogP contribution in [0.5, 0.6) is 5.75 Å². The molecular weight excluding hydrogens is 280 g/mol. The van der Waals surface area contributed by atoms with Crippen molar-refractivity contribution in [1.29, 1.82) is 0 Å². The van der Waals surface area contributed by atoms with Crippen molar-refractivity contribution >= 4 is 17.5 Å². The Balaban J connectivity index is 2.11. The van der Waals surface area contributed by atoms with Crippen molar-refractivity contribution in [3.63, 3.8) is 0 Å². The number of fused-ring (bicyclic) bond motifs is 2. The standard InChI is InChI=1S/C18H14O4/c1-2-6-15(19)22-14-10-5-9-13-16(14)18(21)12-8-4-3-7-11(12)17(13)20/h3-5,7-10H,2,6H2,1H3. The summed E-state index contributed by atoms with van der Waals surface area (Å²) in [6, 6.07) is 11.4. The minimum Gasteiger partial charge on any atom is -0.426 e. The lowest BCUT2D eigenvalue weighted by Crippen LogP contribution is -2.22. The average Bonchev–Trinajstić information content (AvgIpc) is 2.53. The van der Waals surface area contributed by atoms with Gasteiger partial charge in [-0.15, -0.1) is 0 Å². The van der Waals surface area contributed by atoms with E-state index in [4.69, 9.17) is 4.74 Å². The van der Waals surface area contributed by atoms with E-state index in [2.05, 4.69) is 0 Å². The van der Waals surface area contributed by atoms with Crippen molar-refractivity contribution in [3.8, 4) is 5.75 Å². The summed E-state index contributed by atoms with van der Waals surface area (Å²) in [7, 11) is 0. The van der Waals surface area contributed by atoms with Gasteiger partial charge < -0.3 is 4.74 Å². The van der Waals surface area contributed by atoms with Gasteiger partial charge in [-0.05, 0) is 12.5 Å². The Bertz CT molecular complexity index is 789. The van der Waals surface area contributed by atoms with Crippen molar-refractivity contribution in [3.05, 3.63) is 64.7 Å². The van der Waals surface area contributed by atoms with Crippen molar-refractivity contribution in [2.45, 2.75) is 19.8 Å². The molecule has 0 bridgehead atoms. The summed E-state index contributed by atoms with van der Waals surface area (Å²) in [4.78, 5) is 36.9. The number of benzene rings is 2. The molecule has 0 spiro atoms. The first-order valence-corrected chi connectivity index (χ1v) is 7.15. The minimum absolute atomic E-state index is 0.156. The van der Waals surface area contributed by atoms with E-state index < -0.39 is 5.97 Å². The lowest BCUT2D eigenvalue weighted by molar-refractivity contribution is -0.134. The second-order valence-corrected chi connectivity index (χ2v) is 5.11. The highest BCUT2D eigenvalue weighted by molar-refractivity contribution is 6.29. The summed E-state index contributed by atoms with van der Waals surface area (Å²) in [5, 5.41) is 0. The molecule has 22 heavy (non-hydrogen) atoms. The number of ketones is 2. The molecule has 0 aromatic heterocycles. The smallest absolute Gasteiger partial charge is 0.311 e. The van der Waals surface area contributed by atoms with Crippen molar-refractivity contribution < 1.29 is 19.1 Å². The van der Waals surface area contributed by atoms with Crippen LogP contribution in [0, 0.1) is 0 Å². The molecule has 2 aromatic carbocycles. The predicted molar refractivity (Wildman–Crippen MR) is 80.3 cm³/mol. The van der Waals surface area contributed by atoms with Crippen LogP contribution in [-0.2, 0) is 4.79 Å². The van der Waals surface area contributed by atoms with E-state index in [9.17, 15) is 14.4 Å². The van der Waals surface area contributed by atoms with Crippen molar-refractivity contribution in [1.82, 2.24) is 0 Å². The number of hydrogen-bond donors (Lipinski definition) is 0. The third-order valence-electron chi connectivity index (χ3n) is 3.59. The lowest BCUT2D eigenvalue weighted by atomic mass is 9.83. The molecule has 110 valence electrons. The summed E-state index contributed by atoms with van der Waals surface area (Å²) >= 11 is 0. The highest BCUT2D eigenvalue weighted by Crippen LogP contribution is 2.33. The maximum absolute atomic E-state index is 12.7. The van der Waals surface area contributed by atoms with E-state index in [-0.39, 0.29) is 34.9 Å². The Labute approximate surface area is 127 Å². The minimum atomic E-state index is -0.407. The zero-order chi connectivity index (χ0) is 15.7. The maximum atomic E-state index is 12.7. The van der Waals surface area contributed by atoms with Gasteiger partial charge in [0, 0.05) is 23.1 Å². The van der Waals surface area contributed by atoms with E-state index in [0.717, 1.165) is 0 Å². The topological polar surface area (TPSA) is 60.4 Å². The molecule has 1 aliphatic rings. The molecule has 4 nitrogen and oxygen atoms in total. The van der Waals surface area contributed by atoms with Crippen molar-refractivity contribution in [2.24, 2.45) is 0 Å². The van der Waals surface area contributed by atoms with Crippen LogP contribution in [0.25, 0.3) is 0 Å². The molecule has 0 fully saturated rings. The summed E-state index contributed by atoms with van der Waals surface area (Å²) in [6.07, 6.45) is 0.923. The van der Waals surface area contributed by atoms with Gasteiger partial charge in [-0.3, -0.25) is 14.4 Å².